The van der Waals surface area contributed by atoms with Crippen molar-refractivity contribution in [3.05, 3.63) is 58.5 Å². The molecule has 0 saturated heterocycles. The molecule has 2 aromatic rings. The summed E-state index contributed by atoms with van der Waals surface area (Å²) in [6.07, 6.45) is -0.506. The Labute approximate surface area is 143 Å². The molecule has 25 heavy (non-hydrogen) atoms. The van der Waals surface area contributed by atoms with E-state index in [1.807, 2.05) is 13.8 Å². The summed E-state index contributed by atoms with van der Waals surface area (Å²) >= 11 is 0. The van der Waals surface area contributed by atoms with Gasteiger partial charge in [-0.1, -0.05) is 38.1 Å². The topological polar surface area (TPSA) is 90.7 Å². The van der Waals surface area contributed by atoms with Gasteiger partial charge in [0, 0.05) is 11.1 Å². The highest BCUT2D eigenvalue weighted by Crippen LogP contribution is 2.30. The largest absolute Gasteiger partial charge is 0.465 e. The zero-order chi connectivity index (χ0) is 18.1. The number of rotatable bonds is 5. The van der Waals surface area contributed by atoms with Gasteiger partial charge in [0.15, 0.2) is 17.3 Å². The Hall–Kier alpha value is -3.02. The maximum absolute atomic E-state index is 12.5. The maximum atomic E-state index is 12.5. The van der Waals surface area contributed by atoms with Gasteiger partial charge in [-0.25, -0.2) is 0 Å². The smallest absolute Gasteiger partial charge is 0.313 e. The van der Waals surface area contributed by atoms with Gasteiger partial charge in [-0.05, 0) is 12.0 Å². The molecule has 0 saturated carbocycles. The Morgan fingerprint density at radius 1 is 1.04 bits per heavy atom. The summed E-state index contributed by atoms with van der Waals surface area (Å²) in [5, 5.41) is 0. The third-order valence-corrected chi connectivity index (χ3v) is 3.76. The van der Waals surface area contributed by atoms with E-state index in [0.717, 1.165) is 0 Å². The lowest BCUT2D eigenvalue weighted by atomic mass is 9.88. The first-order valence-electron chi connectivity index (χ1n) is 7.89. The second kappa shape index (κ2) is 6.47. The third-order valence-electron chi connectivity index (χ3n) is 3.76. The first-order chi connectivity index (χ1) is 11.9. The van der Waals surface area contributed by atoms with E-state index in [1.54, 1.807) is 18.2 Å². The van der Waals surface area contributed by atoms with Crippen molar-refractivity contribution in [3.63, 3.8) is 0 Å². The summed E-state index contributed by atoms with van der Waals surface area (Å²) in [5.41, 5.74) is 0.559. The van der Waals surface area contributed by atoms with Gasteiger partial charge in [0.1, 0.15) is 6.42 Å². The SMILES string of the molecule is CC(C)COC(=O)CC(=O)c1cc2c(o1)C(=O)c1ccccc1C2=O. The third kappa shape index (κ3) is 3.15. The number of fused-ring (bicyclic) bond motifs is 2. The van der Waals surface area contributed by atoms with Crippen LogP contribution in [-0.2, 0) is 9.53 Å². The molecular formula is C19H16O6. The standard InChI is InChI=1S/C19H16O6/c1-10(2)9-24-16(21)8-14(20)15-7-13-17(22)11-5-3-4-6-12(11)18(23)19(13)25-15/h3-7,10H,8-9H2,1-2H3. The number of hydrogen-bond acceptors (Lipinski definition) is 6. The lowest BCUT2D eigenvalue weighted by Gasteiger charge is -2.11. The number of Topliss-reactive ketones (excluding diaryl/α,β-unsaturated/α-hetero) is 1. The monoisotopic (exact) mass is 340 g/mol. The number of carbonyl (C=O) groups excluding carboxylic acids is 4. The highest BCUT2D eigenvalue weighted by molar-refractivity contribution is 6.28. The molecule has 1 aliphatic rings. The van der Waals surface area contributed by atoms with Crippen LogP contribution in [-0.4, -0.2) is 29.9 Å². The zero-order valence-electron chi connectivity index (χ0n) is 13.8. The molecule has 0 aliphatic heterocycles. The molecule has 6 nitrogen and oxygen atoms in total. The molecule has 0 N–H and O–H groups in total. The highest BCUT2D eigenvalue weighted by Gasteiger charge is 2.34. The number of carbonyl (C=O) groups is 4. The van der Waals surface area contributed by atoms with Crippen molar-refractivity contribution in [2.45, 2.75) is 20.3 Å². The van der Waals surface area contributed by atoms with Gasteiger partial charge in [0.25, 0.3) is 0 Å². The average Bonchev–Trinajstić information content (AvgIpc) is 3.04. The first-order valence-corrected chi connectivity index (χ1v) is 7.89. The average molecular weight is 340 g/mol. The summed E-state index contributed by atoms with van der Waals surface area (Å²) < 4.78 is 10.3. The quantitative estimate of drug-likeness (QED) is 0.403. The number of esters is 1. The van der Waals surface area contributed by atoms with Gasteiger partial charge < -0.3 is 9.15 Å². The van der Waals surface area contributed by atoms with E-state index in [1.165, 1.54) is 12.1 Å². The fraction of sp³-hybridized carbons (Fsp3) is 0.263. The number of ether oxygens (including phenoxy) is 1. The number of ketones is 3. The van der Waals surface area contributed by atoms with E-state index in [2.05, 4.69) is 0 Å². The molecular weight excluding hydrogens is 324 g/mol. The van der Waals surface area contributed by atoms with Crippen molar-refractivity contribution in [1.29, 1.82) is 0 Å². The van der Waals surface area contributed by atoms with E-state index in [9.17, 15) is 19.2 Å². The van der Waals surface area contributed by atoms with Crippen LogP contribution in [0.2, 0.25) is 0 Å². The fourth-order valence-corrected chi connectivity index (χ4v) is 2.54. The van der Waals surface area contributed by atoms with Gasteiger partial charge in [-0.15, -0.1) is 0 Å². The van der Waals surface area contributed by atoms with E-state index in [-0.39, 0.29) is 46.5 Å². The predicted octanol–water partition coefficient (Wildman–Crippen LogP) is 2.83. The molecule has 0 bridgehead atoms. The molecule has 0 amide bonds. The Morgan fingerprint density at radius 3 is 2.32 bits per heavy atom. The minimum atomic E-state index is -0.672. The number of hydrogen-bond donors (Lipinski definition) is 0. The van der Waals surface area contributed by atoms with E-state index < -0.39 is 24.0 Å². The molecule has 1 aromatic heterocycles. The molecule has 0 spiro atoms. The van der Waals surface area contributed by atoms with Crippen LogP contribution in [0.15, 0.2) is 34.7 Å². The fourth-order valence-electron chi connectivity index (χ4n) is 2.54. The molecule has 128 valence electrons. The Balaban J connectivity index is 1.83. The zero-order valence-corrected chi connectivity index (χ0v) is 13.8. The van der Waals surface area contributed by atoms with E-state index in [4.69, 9.17) is 9.15 Å². The van der Waals surface area contributed by atoms with Gasteiger partial charge >= 0.3 is 5.97 Å². The minimum absolute atomic E-state index is 0.0441. The highest BCUT2D eigenvalue weighted by atomic mass is 16.5. The van der Waals surface area contributed by atoms with Crippen molar-refractivity contribution in [3.8, 4) is 0 Å². The summed E-state index contributed by atoms with van der Waals surface area (Å²) in [5.74, 6) is -2.34. The lowest BCUT2D eigenvalue weighted by molar-refractivity contribution is -0.143. The molecule has 3 rings (SSSR count). The molecule has 1 aromatic carbocycles. The van der Waals surface area contributed by atoms with Gasteiger partial charge in [-0.3, -0.25) is 19.2 Å². The van der Waals surface area contributed by atoms with Crippen LogP contribution in [0.5, 0.6) is 0 Å². The molecule has 1 heterocycles. The molecule has 1 aliphatic carbocycles. The Morgan fingerprint density at radius 2 is 1.68 bits per heavy atom. The van der Waals surface area contributed by atoms with Crippen molar-refractivity contribution in [1.82, 2.24) is 0 Å². The van der Waals surface area contributed by atoms with Crippen LogP contribution in [0.4, 0.5) is 0 Å². The van der Waals surface area contributed by atoms with E-state index >= 15 is 0 Å². The molecule has 0 atom stereocenters. The molecule has 6 heteroatoms. The molecule has 0 fully saturated rings. The van der Waals surface area contributed by atoms with Gasteiger partial charge in [-0.2, -0.15) is 0 Å². The van der Waals surface area contributed by atoms with Crippen LogP contribution in [0.3, 0.4) is 0 Å². The second-order valence-corrected chi connectivity index (χ2v) is 6.23. The predicted molar refractivity (Wildman–Crippen MR) is 86.8 cm³/mol. The van der Waals surface area contributed by atoms with Gasteiger partial charge in [0.2, 0.25) is 11.6 Å². The molecule has 0 unspecified atom stereocenters. The van der Waals surface area contributed by atoms with Crippen LogP contribution in [0.1, 0.15) is 62.9 Å². The Kier molecular flexibility index (Phi) is 4.35. The summed E-state index contributed by atoms with van der Waals surface area (Å²) in [7, 11) is 0. The normalized spacial score (nSPS) is 12.8. The summed E-state index contributed by atoms with van der Waals surface area (Å²) in [6, 6.07) is 7.62. The lowest BCUT2D eigenvalue weighted by Crippen LogP contribution is -2.18. The van der Waals surface area contributed by atoms with Crippen molar-refractivity contribution < 1.29 is 28.3 Å². The minimum Gasteiger partial charge on any atom is -0.465 e. The maximum Gasteiger partial charge on any atom is 0.313 e. The summed E-state index contributed by atoms with van der Waals surface area (Å²) in [4.78, 5) is 48.8. The van der Waals surface area contributed by atoms with Crippen LogP contribution >= 0.6 is 0 Å². The summed E-state index contributed by atoms with van der Waals surface area (Å²) in [6.45, 7) is 3.97. The number of furan rings is 1. The first kappa shape index (κ1) is 16.8. The van der Waals surface area contributed by atoms with E-state index in [0.29, 0.717) is 0 Å². The number of benzene rings is 1. The van der Waals surface area contributed by atoms with Crippen LogP contribution in [0, 0.1) is 5.92 Å². The van der Waals surface area contributed by atoms with Crippen LogP contribution < -0.4 is 0 Å². The van der Waals surface area contributed by atoms with Gasteiger partial charge in [0.05, 0.1) is 12.2 Å². The van der Waals surface area contributed by atoms with Crippen molar-refractivity contribution >= 4 is 23.3 Å². The Bertz CT molecular complexity index is 835. The second-order valence-electron chi connectivity index (χ2n) is 6.23. The van der Waals surface area contributed by atoms with Crippen molar-refractivity contribution in [2.24, 2.45) is 5.92 Å². The molecule has 0 radical (unpaired) electrons. The van der Waals surface area contributed by atoms with Crippen molar-refractivity contribution in [2.75, 3.05) is 6.61 Å². The van der Waals surface area contributed by atoms with Crippen LogP contribution in [0.25, 0.3) is 0 Å².